The van der Waals surface area contributed by atoms with Crippen LogP contribution in [0.25, 0.3) is 0 Å². The number of carbonyl (C=O) groups excluding carboxylic acids is 1. The molecular weight excluding hydrogens is 154 g/mol. The fourth-order valence-corrected chi connectivity index (χ4v) is 0.930. The number of carbonyl (C=O) groups is 1. The van der Waals surface area contributed by atoms with Gasteiger partial charge in [-0.25, -0.2) is 0 Å². The molecule has 0 aliphatic carbocycles. The minimum atomic E-state index is 0.00769. The van der Waals surface area contributed by atoms with Gasteiger partial charge in [-0.1, -0.05) is 0 Å². The Bertz CT molecular complexity index is 307. The maximum atomic E-state index is 10.9. The Hall–Kier alpha value is -1.51. The maximum Gasteiger partial charge on any atom is 0.159 e. The molecule has 0 spiro atoms. The molecule has 2 N–H and O–H groups in total. The third-order valence-electron chi connectivity index (χ3n) is 1.64. The molecule has 0 aliphatic rings. The average Bonchev–Trinajstić information content (AvgIpc) is 2.05. The zero-order valence-electron chi connectivity index (χ0n) is 7.13. The molecule has 0 heterocycles. The number of hydrogen-bond acceptors (Lipinski definition) is 3. The van der Waals surface area contributed by atoms with Gasteiger partial charge in [-0.15, -0.1) is 0 Å². The quantitative estimate of drug-likeness (QED) is 0.533. The number of hydrogen-bond donors (Lipinski definition) is 1. The van der Waals surface area contributed by atoms with E-state index >= 15 is 0 Å². The van der Waals surface area contributed by atoms with Gasteiger partial charge >= 0.3 is 0 Å². The fourth-order valence-electron chi connectivity index (χ4n) is 0.930. The summed E-state index contributed by atoms with van der Waals surface area (Å²) in [7, 11) is 1.52. The van der Waals surface area contributed by atoms with Crippen LogP contribution in [0.2, 0.25) is 0 Å². The zero-order chi connectivity index (χ0) is 9.14. The van der Waals surface area contributed by atoms with Crippen molar-refractivity contribution in [3.05, 3.63) is 23.8 Å². The Kier molecular flexibility index (Phi) is 2.33. The Balaban J connectivity index is 3.13. The molecule has 0 amide bonds. The SMILES string of the molecule is COc1cc(C(C)=O)ccc1N. The van der Waals surface area contributed by atoms with Gasteiger partial charge in [0.1, 0.15) is 5.75 Å². The van der Waals surface area contributed by atoms with Crippen LogP contribution in [0, 0.1) is 0 Å². The highest BCUT2D eigenvalue weighted by atomic mass is 16.5. The zero-order valence-corrected chi connectivity index (χ0v) is 7.13. The fraction of sp³-hybridized carbons (Fsp3) is 0.222. The summed E-state index contributed by atoms with van der Waals surface area (Å²) in [6, 6.07) is 4.98. The van der Waals surface area contributed by atoms with Crippen molar-refractivity contribution in [2.45, 2.75) is 6.92 Å². The third kappa shape index (κ3) is 1.56. The molecule has 0 saturated carbocycles. The second-order valence-corrected chi connectivity index (χ2v) is 2.51. The minimum absolute atomic E-state index is 0.00769. The molecule has 0 aliphatic heterocycles. The van der Waals surface area contributed by atoms with Crippen molar-refractivity contribution in [3.8, 4) is 5.75 Å². The van der Waals surface area contributed by atoms with Crippen LogP contribution < -0.4 is 10.5 Å². The molecule has 0 radical (unpaired) electrons. The Morgan fingerprint density at radius 3 is 2.67 bits per heavy atom. The first-order valence-electron chi connectivity index (χ1n) is 3.59. The van der Waals surface area contributed by atoms with Gasteiger partial charge in [-0.2, -0.15) is 0 Å². The number of rotatable bonds is 2. The van der Waals surface area contributed by atoms with Gasteiger partial charge in [0.25, 0.3) is 0 Å². The summed E-state index contributed by atoms with van der Waals surface area (Å²) in [6.45, 7) is 1.50. The first-order chi connectivity index (χ1) is 5.65. The van der Waals surface area contributed by atoms with Gasteiger partial charge in [0.15, 0.2) is 5.78 Å². The molecule has 3 heteroatoms. The summed E-state index contributed by atoms with van der Waals surface area (Å²) in [5.74, 6) is 0.552. The van der Waals surface area contributed by atoms with Gasteiger partial charge in [0.2, 0.25) is 0 Å². The number of methoxy groups -OCH3 is 1. The monoisotopic (exact) mass is 165 g/mol. The highest BCUT2D eigenvalue weighted by Gasteiger charge is 2.03. The van der Waals surface area contributed by atoms with Crippen molar-refractivity contribution in [2.75, 3.05) is 12.8 Å². The number of benzene rings is 1. The van der Waals surface area contributed by atoms with E-state index in [1.807, 2.05) is 0 Å². The van der Waals surface area contributed by atoms with Crippen LogP contribution in [0.3, 0.4) is 0 Å². The molecule has 0 bridgehead atoms. The summed E-state index contributed by atoms with van der Waals surface area (Å²) < 4.78 is 4.96. The number of nitrogens with two attached hydrogens (primary N) is 1. The molecule has 1 aromatic rings. The van der Waals surface area contributed by atoms with Gasteiger partial charge in [-0.3, -0.25) is 4.79 Å². The molecule has 1 aromatic carbocycles. The van der Waals surface area contributed by atoms with E-state index in [0.29, 0.717) is 17.0 Å². The van der Waals surface area contributed by atoms with Crippen LogP contribution >= 0.6 is 0 Å². The number of ketones is 1. The average molecular weight is 165 g/mol. The van der Waals surface area contributed by atoms with Crippen LogP contribution in [0.15, 0.2) is 18.2 Å². The maximum absolute atomic E-state index is 10.9. The van der Waals surface area contributed by atoms with E-state index in [-0.39, 0.29) is 5.78 Å². The number of Topliss-reactive ketones (excluding diaryl/α,β-unsaturated/α-hetero) is 1. The van der Waals surface area contributed by atoms with Crippen molar-refractivity contribution < 1.29 is 9.53 Å². The van der Waals surface area contributed by atoms with E-state index in [2.05, 4.69) is 0 Å². The molecule has 12 heavy (non-hydrogen) atoms. The van der Waals surface area contributed by atoms with Crippen LogP contribution in [-0.2, 0) is 0 Å². The van der Waals surface area contributed by atoms with Crippen molar-refractivity contribution in [3.63, 3.8) is 0 Å². The van der Waals surface area contributed by atoms with E-state index in [0.717, 1.165) is 0 Å². The highest BCUT2D eigenvalue weighted by Crippen LogP contribution is 2.22. The minimum Gasteiger partial charge on any atom is -0.495 e. The van der Waals surface area contributed by atoms with Gasteiger partial charge in [0, 0.05) is 5.56 Å². The third-order valence-corrected chi connectivity index (χ3v) is 1.64. The summed E-state index contributed by atoms with van der Waals surface area (Å²) in [5.41, 5.74) is 6.72. The molecule has 0 saturated heterocycles. The molecule has 0 atom stereocenters. The van der Waals surface area contributed by atoms with E-state index in [1.54, 1.807) is 18.2 Å². The Morgan fingerprint density at radius 1 is 1.50 bits per heavy atom. The second kappa shape index (κ2) is 3.26. The number of anilines is 1. The lowest BCUT2D eigenvalue weighted by molar-refractivity contribution is 0.101. The lowest BCUT2D eigenvalue weighted by atomic mass is 10.1. The van der Waals surface area contributed by atoms with Gasteiger partial charge < -0.3 is 10.5 Å². The number of ether oxygens (including phenoxy) is 1. The van der Waals surface area contributed by atoms with E-state index in [4.69, 9.17) is 10.5 Å². The predicted octanol–water partition coefficient (Wildman–Crippen LogP) is 1.48. The lowest BCUT2D eigenvalue weighted by Gasteiger charge is -2.04. The molecule has 3 nitrogen and oxygen atoms in total. The summed E-state index contributed by atoms with van der Waals surface area (Å²) in [4.78, 5) is 10.9. The standard InChI is InChI=1S/C9H11NO2/c1-6(11)7-3-4-8(10)9(5-7)12-2/h3-5H,10H2,1-2H3. The molecule has 0 aromatic heterocycles. The highest BCUT2D eigenvalue weighted by molar-refractivity contribution is 5.95. The van der Waals surface area contributed by atoms with Crippen LogP contribution in [0.5, 0.6) is 5.75 Å². The van der Waals surface area contributed by atoms with Crippen molar-refractivity contribution in [1.29, 1.82) is 0 Å². The van der Waals surface area contributed by atoms with Crippen molar-refractivity contribution in [2.24, 2.45) is 0 Å². The van der Waals surface area contributed by atoms with Crippen LogP contribution in [0.1, 0.15) is 17.3 Å². The Morgan fingerprint density at radius 2 is 2.17 bits per heavy atom. The van der Waals surface area contributed by atoms with Gasteiger partial charge in [0.05, 0.1) is 12.8 Å². The summed E-state index contributed by atoms with van der Waals surface area (Å²) >= 11 is 0. The van der Waals surface area contributed by atoms with E-state index in [1.165, 1.54) is 14.0 Å². The molecular formula is C9H11NO2. The van der Waals surface area contributed by atoms with Crippen molar-refractivity contribution in [1.82, 2.24) is 0 Å². The first kappa shape index (κ1) is 8.59. The second-order valence-electron chi connectivity index (χ2n) is 2.51. The molecule has 1 rings (SSSR count). The van der Waals surface area contributed by atoms with Crippen LogP contribution in [-0.4, -0.2) is 12.9 Å². The predicted molar refractivity (Wildman–Crippen MR) is 47.4 cm³/mol. The number of nitrogen functional groups attached to an aromatic ring is 1. The van der Waals surface area contributed by atoms with E-state index in [9.17, 15) is 4.79 Å². The normalized spacial score (nSPS) is 9.50. The molecule has 64 valence electrons. The van der Waals surface area contributed by atoms with Crippen LogP contribution in [0.4, 0.5) is 5.69 Å². The van der Waals surface area contributed by atoms with Gasteiger partial charge in [-0.05, 0) is 25.1 Å². The van der Waals surface area contributed by atoms with E-state index < -0.39 is 0 Å². The Labute approximate surface area is 71.1 Å². The summed E-state index contributed by atoms with van der Waals surface area (Å²) in [6.07, 6.45) is 0. The molecule has 0 unspecified atom stereocenters. The summed E-state index contributed by atoms with van der Waals surface area (Å²) in [5, 5.41) is 0. The largest absolute Gasteiger partial charge is 0.495 e. The molecule has 0 fully saturated rings. The first-order valence-corrected chi connectivity index (χ1v) is 3.59. The smallest absolute Gasteiger partial charge is 0.159 e. The van der Waals surface area contributed by atoms with Crippen molar-refractivity contribution >= 4 is 11.5 Å². The topological polar surface area (TPSA) is 52.3 Å². The lowest BCUT2D eigenvalue weighted by Crippen LogP contribution is -1.96.